The highest BCUT2D eigenvalue weighted by Crippen LogP contribution is 2.35. The first-order chi connectivity index (χ1) is 16.6. The van der Waals surface area contributed by atoms with Gasteiger partial charge in [-0.05, 0) is 48.5 Å². The van der Waals surface area contributed by atoms with E-state index in [0.717, 1.165) is 0 Å². The van der Waals surface area contributed by atoms with E-state index < -0.39 is 16.1 Å². The fourth-order valence-electron chi connectivity index (χ4n) is 3.51. The predicted molar refractivity (Wildman–Crippen MR) is 131 cm³/mol. The number of hydrogen-bond donors (Lipinski definition) is 3. The molecule has 10 nitrogen and oxygen atoms in total. The lowest BCUT2D eigenvalue weighted by Gasteiger charge is -2.12. The van der Waals surface area contributed by atoms with Crippen molar-refractivity contribution >= 4 is 33.3 Å². The first-order valence-electron chi connectivity index (χ1n) is 10.0. The maximum absolute atomic E-state index is 12.3. The van der Waals surface area contributed by atoms with Gasteiger partial charge in [0.05, 0.1) is 34.9 Å². The number of para-hydroxylation sites is 1. The Kier molecular flexibility index (Phi) is 6.50. The molecular formula is C23H20ClN5O5S. The van der Waals surface area contributed by atoms with Crippen LogP contribution in [0.1, 0.15) is 0 Å². The number of carbonyl (C=O) groups is 1. The van der Waals surface area contributed by atoms with E-state index in [0.29, 0.717) is 38.4 Å². The monoisotopic (exact) mass is 513 g/mol. The number of halogens is 1. The minimum absolute atomic E-state index is 0.108. The van der Waals surface area contributed by atoms with E-state index in [1.807, 2.05) is 0 Å². The molecule has 0 saturated carbocycles. The third-order valence-electron chi connectivity index (χ3n) is 5.17. The maximum Gasteiger partial charge on any atom is 0.343 e. The van der Waals surface area contributed by atoms with Crippen molar-refractivity contribution in [2.24, 2.45) is 10.9 Å². The van der Waals surface area contributed by atoms with Crippen LogP contribution in [-0.4, -0.2) is 36.5 Å². The van der Waals surface area contributed by atoms with Gasteiger partial charge in [0.2, 0.25) is 10.0 Å². The van der Waals surface area contributed by atoms with Gasteiger partial charge in [0, 0.05) is 11.1 Å². The first-order valence-corrected chi connectivity index (χ1v) is 12.0. The Morgan fingerprint density at radius 2 is 1.71 bits per heavy atom. The second kappa shape index (κ2) is 9.39. The minimum Gasteiger partial charge on any atom is -0.495 e. The lowest BCUT2D eigenvalue weighted by molar-refractivity contribution is 0.212. The van der Waals surface area contributed by atoms with Crippen LogP contribution < -0.4 is 20.7 Å². The van der Waals surface area contributed by atoms with Gasteiger partial charge in [-0.3, -0.25) is 5.21 Å². The Morgan fingerprint density at radius 3 is 2.31 bits per heavy atom. The van der Waals surface area contributed by atoms with Gasteiger partial charge >= 0.3 is 6.03 Å². The van der Waals surface area contributed by atoms with Crippen molar-refractivity contribution in [3.63, 3.8) is 0 Å². The number of anilines is 1. The fraction of sp³-hybridized carbons (Fsp3) is 0.0435. The molecule has 1 aromatic heterocycles. The summed E-state index contributed by atoms with van der Waals surface area (Å²) in [5.74, 6) is 0.477. The summed E-state index contributed by atoms with van der Waals surface area (Å²) in [5, 5.41) is 20.5. The van der Waals surface area contributed by atoms with Crippen molar-refractivity contribution in [1.82, 2.24) is 9.78 Å². The number of benzene rings is 3. The number of hydrogen-bond acceptors (Lipinski definition) is 6. The Balaban J connectivity index is 1.91. The number of aromatic nitrogens is 2. The summed E-state index contributed by atoms with van der Waals surface area (Å²) < 4.78 is 31.2. The number of nitrogens with zero attached hydrogens (tertiary/aromatic N) is 3. The molecule has 0 fully saturated rings. The fourth-order valence-corrected chi connectivity index (χ4v) is 4.48. The smallest absolute Gasteiger partial charge is 0.343 e. The molecule has 0 unspecified atom stereocenters. The van der Waals surface area contributed by atoms with E-state index in [1.54, 1.807) is 54.6 Å². The van der Waals surface area contributed by atoms with Gasteiger partial charge in [0.25, 0.3) is 0 Å². The van der Waals surface area contributed by atoms with Gasteiger partial charge in [-0.2, -0.15) is 10.2 Å². The van der Waals surface area contributed by atoms with Gasteiger partial charge < -0.3 is 10.5 Å². The van der Waals surface area contributed by atoms with Gasteiger partial charge in [-0.1, -0.05) is 35.9 Å². The molecule has 12 heteroatoms. The van der Waals surface area contributed by atoms with Crippen LogP contribution in [0, 0.1) is 0 Å². The van der Waals surface area contributed by atoms with Gasteiger partial charge in [0.1, 0.15) is 10.6 Å². The van der Waals surface area contributed by atoms with E-state index in [9.17, 15) is 18.4 Å². The molecule has 0 aliphatic rings. The van der Waals surface area contributed by atoms with Crippen LogP contribution in [0.4, 0.5) is 10.5 Å². The molecule has 0 aliphatic carbocycles. The summed E-state index contributed by atoms with van der Waals surface area (Å²) >= 11 is 6.34. The SMILES string of the molecule is COc1ccc(-c2cc(-c3ccc(N(O)C(N)=O)cc3)nn2-c2ccccc2S(N)(=O)=O)cc1Cl. The molecule has 4 rings (SSSR count). The molecule has 4 aromatic rings. The number of nitrogens with two attached hydrogens (primary N) is 2. The molecule has 0 radical (unpaired) electrons. The van der Waals surface area contributed by atoms with Crippen LogP contribution >= 0.6 is 11.6 Å². The summed E-state index contributed by atoms with van der Waals surface area (Å²) in [6.45, 7) is 0. The van der Waals surface area contributed by atoms with E-state index in [1.165, 1.54) is 30.0 Å². The van der Waals surface area contributed by atoms with E-state index >= 15 is 0 Å². The zero-order valence-corrected chi connectivity index (χ0v) is 19.9. The molecule has 0 bridgehead atoms. The second-order valence-electron chi connectivity index (χ2n) is 7.39. The second-order valence-corrected chi connectivity index (χ2v) is 9.32. The zero-order chi connectivity index (χ0) is 25.3. The lowest BCUT2D eigenvalue weighted by Crippen LogP contribution is -2.32. The summed E-state index contributed by atoms with van der Waals surface area (Å²) in [6.07, 6.45) is 0. The average Bonchev–Trinajstić information content (AvgIpc) is 3.28. The van der Waals surface area contributed by atoms with E-state index in [2.05, 4.69) is 5.10 Å². The number of ether oxygens (including phenoxy) is 1. The van der Waals surface area contributed by atoms with E-state index in [-0.39, 0.29) is 16.3 Å². The summed E-state index contributed by atoms with van der Waals surface area (Å²) in [4.78, 5) is 11.1. The number of primary sulfonamides is 1. The normalized spacial score (nSPS) is 11.3. The highest BCUT2D eigenvalue weighted by molar-refractivity contribution is 7.89. The molecule has 5 N–H and O–H groups in total. The third-order valence-corrected chi connectivity index (χ3v) is 6.43. The Labute approximate surface area is 205 Å². The summed E-state index contributed by atoms with van der Waals surface area (Å²) in [5.41, 5.74) is 7.79. The molecule has 0 spiro atoms. The van der Waals surface area contributed by atoms with Crippen molar-refractivity contribution in [3.8, 4) is 34.0 Å². The van der Waals surface area contributed by atoms with Crippen LogP contribution in [0.5, 0.6) is 5.75 Å². The summed E-state index contributed by atoms with van der Waals surface area (Å²) in [6, 6.07) is 18.3. The van der Waals surface area contributed by atoms with E-state index in [4.69, 9.17) is 27.2 Å². The van der Waals surface area contributed by atoms with Crippen molar-refractivity contribution in [3.05, 3.63) is 77.8 Å². The topological polar surface area (TPSA) is 154 Å². The Bertz CT molecular complexity index is 1520. The lowest BCUT2D eigenvalue weighted by atomic mass is 10.1. The highest BCUT2D eigenvalue weighted by atomic mass is 35.5. The number of primary amides is 1. The standard InChI is InChI=1S/C23H20ClN5O5S/c1-34-21-11-8-15(12-17(21)24)20-13-18(14-6-9-16(10-7-14)29(31)23(25)30)27-28(20)19-4-2-3-5-22(19)35(26,32)33/h2-13,31H,1H3,(H2,25,30)(H2,26,32,33). The Morgan fingerprint density at radius 1 is 1.06 bits per heavy atom. The summed E-state index contributed by atoms with van der Waals surface area (Å²) in [7, 11) is -2.56. The number of methoxy groups -OCH3 is 1. The molecule has 0 atom stereocenters. The number of urea groups is 1. The molecule has 0 saturated heterocycles. The molecule has 1 heterocycles. The molecule has 3 aromatic carbocycles. The molecule has 2 amide bonds. The van der Waals surface area contributed by atoms with Crippen LogP contribution in [0.15, 0.2) is 77.7 Å². The van der Waals surface area contributed by atoms with Gasteiger partial charge in [-0.15, -0.1) is 0 Å². The number of amides is 2. The quantitative estimate of drug-likeness (QED) is 0.263. The third kappa shape index (κ3) is 4.84. The van der Waals surface area contributed by atoms with Gasteiger partial charge in [-0.25, -0.2) is 23.0 Å². The van der Waals surface area contributed by atoms with Crippen LogP contribution in [0.25, 0.3) is 28.2 Å². The molecule has 0 aliphatic heterocycles. The molecule has 35 heavy (non-hydrogen) atoms. The predicted octanol–water partition coefficient (Wildman–Crippen LogP) is 3.79. The van der Waals surface area contributed by atoms with Crippen LogP contribution in [0.3, 0.4) is 0 Å². The highest BCUT2D eigenvalue weighted by Gasteiger charge is 2.21. The largest absolute Gasteiger partial charge is 0.495 e. The van der Waals surface area contributed by atoms with Crippen LogP contribution in [0.2, 0.25) is 5.02 Å². The number of rotatable bonds is 6. The number of sulfonamides is 1. The minimum atomic E-state index is -4.06. The van der Waals surface area contributed by atoms with Crippen molar-refractivity contribution < 1.29 is 23.2 Å². The average molecular weight is 514 g/mol. The molecular weight excluding hydrogens is 494 g/mol. The van der Waals surface area contributed by atoms with Crippen LogP contribution in [-0.2, 0) is 10.0 Å². The van der Waals surface area contributed by atoms with Crippen molar-refractivity contribution in [1.29, 1.82) is 0 Å². The number of carbonyl (C=O) groups excluding carboxylic acids is 1. The zero-order valence-electron chi connectivity index (χ0n) is 18.3. The maximum atomic E-state index is 12.3. The Hall–Kier alpha value is -3.90. The first kappa shape index (κ1) is 24.2. The van der Waals surface area contributed by atoms with Crippen molar-refractivity contribution in [2.75, 3.05) is 12.2 Å². The van der Waals surface area contributed by atoms with Crippen molar-refractivity contribution in [2.45, 2.75) is 4.90 Å². The molecule has 180 valence electrons. The van der Waals surface area contributed by atoms with Gasteiger partial charge in [0.15, 0.2) is 0 Å². The number of hydroxylamine groups is 1.